The maximum absolute atomic E-state index is 9.91. The average molecular weight is 115 g/mol. The zero-order valence-electron chi connectivity index (χ0n) is 4.64. The number of carbonyl (C=O) groups is 1. The number of carbonyl (C=O) groups excluding carboxylic acids is 1. The van der Waals surface area contributed by atoms with Crippen LogP contribution in [0, 0.1) is 0 Å². The first-order valence-electron chi connectivity index (χ1n) is 2.11. The Morgan fingerprint density at radius 3 is 2.25 bits per heavy atom. The lowest BCUT2D eigenvalue weighted by molar-refractivity contribution is 0.252. The number of primary amides is 1. The van der Waals surface area contributed by atoms with Crippen LogP contribution in [0.15, 0.2) is 11.9 Å². The molecule has 0 unspecified atom stereocenters. The van der Waals surface area contributed by atoms with Gasteiger partial charge in [-0.2, -0.15) is 0 Å². The number of allylic oxidation sites excluding steroid dienone is 1. The minimum atomic E-state index is -0.602. The Bertz CT molecular complexity index is 114. The number of nitrogens with two attached hydrogens (primary N) is 2. The maximum Gasteiger partial charge on any atom is 0.316 e. The van der Waals surface area contributed by atoms with Crippen molar-refractivity contribution in [2.45, 2.75) is 6.92 Å². The first-order valence-corrected chi connectivity index (χ1v) is 2.11. The summed E-state index contributed by atoms with van der Waals surface area (Å²) in [6.45, 7) is 1.65. The fourth-order valence-electron chi connectivity index (χ4n) is 0.185. The van der Waals surface area contributed by atoms with Gasteiger partial charge in [-0.05, 0) is 6.92 Å². The van der Waals surface area contributed by atoms with Gasteiger partial charge in [-0.15, -0.1) is 0 Å². The summed E-state index contributed by atoms with van der Waals surface area (Å²) in [6, 6.07) is -0.602. The van der Waals surface area contributed by atoms with E-state index in [-0.39, 0.29) is 0 Å². The number of amides is 2. The molecule has 0 aromatic carbocycles. The lowest BCUT2D eigenvalue weighted by Crippen LogP contribution is -2.25. The summed E-state index contributed by atoms with van der Waals surface area (Å²) in [5.74, 6) is 0. The van der Waals surface area contributed by atoms with Crippen LogP contribution in [0.1, 0.15) is 6.92 Å². The van der Waals surface area contributed by atoms with Gasteiger partial charge >= 0.3 is 6.03 Å². The van der Waals surface area contributed by atoms with Gasteiger partial charge < -0.3 is 16.8 Å². The molecule has 8 heavy (non-hydrogen) atoms. The Hall–Kier alpha value is -1.19. The number of hydrogen-bond acceptors (Lipinski definition) is 2. The van der Waals surface area contributed by atoms with E-state index in [0.717, 1.165) is 0 Å². The molecule has 0 fully saturated rings. The zero-order valence-corrected chi connectivity index (χ0v) is 4.64. The second kappa shape index (κ2) is 2.90. The topological polar surface area (TPSA) is 81.1 Å². The van der Waals surface area contributed by atoms with Gasteiger partial charge in [-0.1, -0.05) is 0 Å². The van der Waals surface area contributed by atoms with Crippen molar-refractivity contribution in [3.05, 3.63) is 11.9 Å². The van der Waals surface area contributed by atoms with Gasteiger partial charge in [0.25, 0.3) is 0 Å². The molecule has 0 aromatic heterocycles. The fourth-order valence-corrected chi connectivity index (χ4v) is 0.185. The fraction of sp³-hybridized carbons (Fsp3) is 0.250. The molecule has 0 saturated heterocycles. The van der Waals surface area contributed by atoms with Crippen molar-refractivity contribution >= 4 is 6.03 Å². The van der Waals surface area contributed by atoms with E-state index in [1.54, 1.807) is 6.92 Å². The SMILES string of the molecule is C/C(N)=C/NC(N)=O. The van der Waals surface area contributed by atoms with Gasteiger partial charge in [0, 0.05) is 11.9 Å². The van der Waals surface area contributed by atoms with E-state index in [9.17, 15) is 4.79 Å². The summed E-state index contributed by atoms with van der Waals surface area (Å²) in [5, 5.41) is 2.20. The molecule has 0 radical (unpaired) electrons. The Balaban J connectivity index is 3.45. The molecule has 0 aliphatic rings. The van der Waals surface area contributed by atoms with Gasteiger partial charge in [0.05, 0.1) is 0 Å². The minimum Gasteiger partial charge on any atom is -0.401 e. The van der Waals surface area contributed by atoms with E-state index in [4.69, 9.17) is 11.5 Å². The molecule has 5 N–H and O–H groups in total. The largest absolute Gasteiger partial charge is 0.401 e. The third-order valence-electron chi connectivity index (χ3n) is 0.442. The van der Waals surface area contributed by atoms with Crippen LogP contribution < -0.4 is 16.8 Å². The highest BCUT2D eigenvalue weighted by Crippen LogP contribution is 1.71. The van der Waals surface area contributed by atoms with Crippen molar-refractivity contribution in [3.63, 3.8) is 0 Å². The van der Waals surface area contributed by atoms with Crippen molar-refractivity contribution < 1.29 is 4.79 Å². The number of nitrogens with one attached hydrogen (secondary N) is 1. The molecule has 4 heteroatoms. The van der Waals surface area contributed by atoms with Crippen molar-refractivity contribution in [3.8, 4) is 0 Å². The highest BCUT2D eigenvalue weighted by molar-refractivity contribution is 5.72. The predicted molar refractivity (Wildman–Crippen MR) is 30.7 cm³/mol. The Kier molecular flexibility index (Phi) is 2.47. The summed E-state index contributed by atoms with van der Waals surface area (Å²) >= 11 is 0. The number of rotatable bonds is 1. The molecule has 0 spiro atoms. The lowest BCUT2D eigenvalue weighted by Gasteiger charge is -1.90. The molecular weight excluding hydrogens is 106 g/mol. The van der Waals surface area contributed by atoms with Crippen LogP contribution >= 0.6 is 0 Å². The van der Waals surface area contributed by atoms with Crippen LogP contribution in [-0.2, 0) is 0 Å². The van der Waals surface area contributed by atoms with Crippen LogP contribution in [-0.4, -0.2) is 6.03 Å². The molecule has 0 bridgehead atoms. The van der Waals surface area contributed by atoms with Crippen molar-refractivity contribution in [1.82, 2.24) is 5.32 Å². The maximum atomic E-state index is 9.91. The van der Waals surface area contributed by atoms with Gasteiger partial charge in [0.2, 0.25) is 0 Å². The third-order valence-corrected chi connectivity index (χ3v) is 0.442. The molecule has 2 amide bonds. The number of urea groups is 1. The minimum absolute atomic E-state index is 0.517. The molecule has 0 rings (SSSR count). The first-order chi connectivity index (χ1) is 3.63. The van der Waals surface area contributed by atoms with Crippen LogP contribution in [0.5, 0.6) is 0 Å². The van der Waals surface area contributed by atoms with E-state index in [2.05, 4.69) is 5.32 Å². The highest BCUT2D eigenvalue weighted by atomic mass is 16.2. The van der Waals surface area contributed by atoms with Crippen molar-refractivity contribution in [2.24, 2.45) is 11.5 Å². The van der Waals surface area contributed by atoms with Gasteiger partial charge in [-0.25, -0.2) is 4.79 Å². The van der Waals surface area contributed by atoms with E-state index < -0.39 is 6.03 Å². The van der Waals surface area contributed by atoms with Crippen LogP contribution in [0.25, 0.3) is 0 Å². The normalized spacial score (nSPS) is 10.9. The van der Waals surface area contributed by atoms with Crippen molar-refractivity contribution in [2.75, 3.05) is 0 Å². The van der Waals surface area contributed by atoms with Crippen LogP contribution in [0.4, 0.5) is 4.79 Å². The molecule has 0 atom stereocenters. The molecule has 4 nitrogen and oxygen atoms in total. The molecule has 0 heterocycles. The molecule has 46 valence electrons. The summed E-state index contributed by atoms with van der Waals surface area (Å²) in [7, 11) is 0. The quantitative estimate of drug-likeness (QED) is 0.429. The Morgan fingerprint density at radius 1 is 1.62 bits per heavy atom. The molecule has 0 aliphatic carbocycles. The second-order valence-corrected chi connectivity index (χ2v) is 1.40. The van der Waals surface area contributed by atoms with E-state index in [1.807, 2.05) is 0 Å². The number of hydrogen-bond donors (Lipinski definition) is 3. The predicted octanol–water partition coefficient (Wildman–Crippen LogP) is -0.525. The molecule has 0 aliphatic heterocycles. The second-order valence-electron chi connectivity index (χ2n) is 1.40. The van der Waals surface area contributed by atoms with Gasteiger partial charge in [-0.3, -0.25) is 0 Å². The Morgan fingerprint density at radius 2 is 2.12 bits per heavy atom. The summed E-state index contributed by atoms with van der Waals surface area (Å²) < 4.78 is 0. The van der Waals surface area contributed by atoms with Crippen molar-refractivity contribution in [1.29, 1.82) is 0 Å². The lowest BCUT2D eigenvalue weighted by atomic mass is 10.6. The van der Waals surface area contributed by atoms with Gasteiger partial charge in [0.15, 0.2) is 0 Å². The third kappa shape index (κ3) is 4.81. The van der Waals surface area contributed by atoms with E-state index >= 15 is 0 Å². The smallest absolute Gasteiger partial charge is 0.316 e. The molecular formula is C4H9N3O. The van der Waals surface area contributed by atoms with Crippen LogP contribution in [0.2, 0.25) is 0 Å². The standard InChI is InChI=1S/C4H9N3O/c1-3(5)2-7-4(6)8/h2H,5H2,1H3,(H3,6,7,8)/b3-2-. The average Bonchev–Trinajstić information content (AvgIpc) is 1.61. The molecule has 0 saturated carbocycles. The highest BCUT2D eigenvalue weighted by Gasteiger charge is 1.82. The van der Waals surface area contributed by atoms with Gasteiger partial charge in [0.1, 0.15) is 0 Å². The van der Waals surface area contributed by atoms with E-state index in [1.165, 1.54) is 6.20 Å². The Labute approximate surface area is 47.5 Å². The monoisotopic (exact) mass is 115 g/mol. The summed E-state index contributed by atoms with van der Waals surface area (Å²) in [4.78, 5) is 9.91. The zero-order chi connectivity index (χ0) is 6.57. The van der Waals surface area contributed by atoms with E-state index in [0.29, 0.717) is 5.70 Å². The summed E-state index contributed by atoms with van der Waals surface area (Å²) in [6.07, 6.45) is 1.34. The van der Waals surface area contributed by atoms with Crippen LogP contribution in [0.3, 0.4) is 0 Å². The summed E-state index contributed by atoms with van der Waals surface area (Å²) in [5.41, 5.74) is 10.3. The first kappa shape index (κ1) is 6.81. The molecule has 0 aromatic rings.